The molecule has 0 saturated carbocycles. The summed E-state index contributed by atoms with van der Waals surface area (Å²) in [6.07, 6.45) is 5.10. The van der Waals surface area contributed by atoms with Crippen LogP contribution in [0.3, 0.4) is 0 Å². The highest BCUT2D eigenvalue weighted by Gasteiger charge is 2.03. The van der Waals surface area contributed by atoms with E-state index in [9.17, 15) is 0 Å². The van der Waals surface area contributed by atoms with Crippen LogP contribution in [-0.4, -0.2) is 26.7 Å². The van der Waals surface area contributed by atoms with Crippen molar-refractivity contribution >= 4 is 0 Å². The molecule has 0 saturated heterocycles. The minimum Gasteiger partial charge on any atom is -0.396 e. The number of aliphatic hydroxyl groups is 1. The number of para-hydroxylation sites is 1. The van der Waals surface area contributed by atoms with Gasteiger partial charge in [-0.2, -0.15) is 0 Å². The van der Waals surface area contributed by atoms with Crippen molar-refractivity contribution in [3.63, 3.8) is 0 Å². The Hall–Kier alpha value is -1.68. The molecular formula is C11H13N3O. The van der Waals surface area contributed by atoms with Gasteiger partial charge in [-0.1, -0.05) is 23.4 Å². The van der Waals surface area contributed by atoms with Crippen LogP contribution in [-0.2, 0) is 6.42 Å². The molecule has 4 nitrogen and oxygen atoms in total. The van der Waals surface area contributed by atoms with Crippen LogP contribution >= 0.6 is 0 Å². The molecule has 0 bridgehead atoms. The Kier molecular flexibility index (Phi) is 3.09. The van der Waals surface area contributed by atoms with Crippen molar-refractivity contribution in [2.45, 2.75) is 12.8 Å². The first-order chi connectivity index (χ1) is 7.42. The van der Waals surface area contributed by atoms with Gasteiger partial charge in [0, 0.05) is 6.61 Å². The van der Waals surface area contributed by atoms with Gasteiger partial charge in [0.25, 0.3) is 0 Å². The molecule has 0 fully saturated rings. The van der Waals surface area contributed by atoms with Crippen LogP contribution in [0.1, 0.15) is 12.0 Å². The Morgan fingerprint density at radius 1 is 1.27 bits per heavy atom. The first-order valence-electron chi connectivity index (χ1n) is 4.97. The fraction of sp³-hybridized carbons (Fsp3) is 0.273. The number of rotatable bonds is 4. The van der Waals surface area contributed by atoms with Crippen molar-refractivity contribution < 1.29 is 5.11 Å². The molecule has 1 N–H and O–H groups in total. The van der Waals surface area contributed by atoms with Crippen LogP contribution < -0.4 is 0 Å². The van der Waals surface area contributed by atoms with Crippen molar-refractivity contribution in [1.29, 1.82) is 0 Å². The average molecular weight is 203 g/mol. The molecule has 0 radical (unpaired) electrons. The molecule has 1 aromatic heterocycles. The zero-order valence-electron chi connectivity index (χ0n) is 8.37. The number of nitrogens with zero attached hydrogens (tertiary/aromatic N) is 3. The number of aromatic nitrogens is 3. The molecule has 0 spiro atoms. The SMILES string of the molecule is OCCCc1ccccc1-n1ccnn1. The summed E-state index contributed by atoms with van der Waals surface area (Å²) in [6, 6.07) is 8.01. The molecular weight excluding hydrogens is 190 g/mol. The summed E-state index contributed by atoms with van der Waals surface area (Å²) in [5.41, 5.74) is 2.21. The van der Waals surface area contributed by atoms with E-state index in [2.05, 4.69) is 10.3 Å². The maximum absolute atomic E-state index is 8.81. The number of aryl methyl sites for hydroxylation is 1. The summed E-state index contributed by atoms with van der Waals surface area (Å²) in [6.45, 7) is 0.214. The molecule has 1 aromatic carbocycles. The van der Waals surface area contributed by atoms with E-state index in [-0.39, 0.29) is 6.61 Å². The lowest BCUT2D eigenvalue weighted by molar-refractivity contribution is 0.288. The summed E-state index contributed by atoms with van der Waals surface area (Å²) in [5, 5.41) is 16.6. The first-order valence-corrected chi connectivity index (χ1v) is 4.97. The van der Waals surface area contributed by atoms with E-state index in [0.717, 1.165) is 18.5 Å². The Bertz CT molecular complexity index is 412. The van der Waals surface area contributed by atoms with Gasteiger partial charge in [0.1, 0.15) is 0 Å². The molecule has 0 atom stereocenters. The minimum atomic E-state index is 0.214. The average Bonchev–Trinajstić information content (AvgIpc) is 2.80. The van der Waals surface area contributed by atoms with Gasteiger partial charge in [0.05, 0.1) is 18.1 Å². The molecule has 0 unspecified atom stereocenters. The van der Waals surface area contributed by atoms with Gasteiger partial charge < -0.3 is 5.11 Å². The quantitative estimate of drug-likeness (QED) is 0.812. The third-order valence-electron chi connectivity index (χ3n) is 2.27. The Morgan fingerprint density at radius 3 is 2.87 bits per heavy atom. The highest BCUT2D eigenvalue weighted by atomic mass is 16.2. The molecule has 1 heterocycles. The fourth-order valence-electron chi connectivity index (χ4n) is 1.55. The predicted octanol–water partition coefficient (Wildman–Crippen LogP) is 1.19. The van der Waals surface area contributed by atoms with Crippen molar-refractivity contribution in [2.24, 2.45) is 0 Å². The fourth-order valence-corrected chi connectivity index (χ4v) is 1.55. The van der Waals surface area contributed by atoms with E-state index in [1.807, 2.05) is 30.5 Å². The molecule has 2 rings (SSSR count). The van der Waals surface area contributed by atoms with Crippen LogP contribution in [0, 0.1) is 0 Å². The van der Waals surface area contributed by atoms with Crippen LogP contribution in [0.25, 0.3) is 5.69 Å². The van der Waals surface area contributed by atoms with Crippen molar-refractivity contribution in [2.75, 3.05) is 6.61 Å². The monoisotopic (exact) mass is 203 g/mol. The summed E-state index contributed by atoms with van der Waals surface area (Å²) in [4.78, 5) is 0. The Balaban J connectivity index is 2.30. The smallest absolute Gasteiger partial charge is 0.0697 e. The molecule has 0 aliphatic rings. The number of aliphatic hydroxyl groups excluding tert-OH is 1. The lowest BCUT2D eigenvalue weighted by atomic mass is 10.1. The lowest BCUT2D eigenvalue weighted by Crippen LogP contribution is -2.01. The Morgan fingerprint density at radius 2 is 2.13 bits per heavy atom. The summed E-state index contributed by atoms with van der Waals surface area (Å²) >= 11 is 0. The van der Waals surface area contributed by atoms with E-state index >= 15 is 0 Å². The highest BCUT2D eigenvalue weighted by molar-refractivity contribution is 5.39. The van der Waals surface area contributed by atoms with Crippen LogP contribution in [0.2, 0.25) is 0 Å². The number of hydrogen-bond donors (Lipinski definition) is 1. The second-order valence-electron chi connectivity index (χ2n) is 3.30. The lowest BCUT2D eigenvalue weighted by Gasteiger charge is -2.07. The first kappa shape index (κ1) is 9.86. The topological polar surface area (TPSA) is 50.9 Å². The van der Waals surface area contributed by atoms with Gasteiger partial charge in [0.15, 0.2) is 0 Å². The summed E-state index contributed by atoms with van der Waals surface area (Å²) in [5.74, 6) is 0. The summed E-state index contributed by atoms with van der Waals surface area (Å²) < 4.78 is 1.74. The van der Waals surface area contributed by atoms with Gasteiger partial charge in [-0.25, -0.2) is 4.68 Å². The van der Waals surface area contributed by atoms with Crippen LogP contribution in [0.4, 0.5) is 0 Å². The van der Waals surface area contributed by atoms with Gasteiger partial charge in [-0.15, -0.1) is 5.10 Å². The van der Waals surface area contributed by atoms with Crippen molar-refractivity contribution in [3.8, 4) is 5.69 Å². The third-order valence-corrected chi connectivity index (χ3v) is 2.27. The second kappa shape index (κ2) is 4.70. The largest absolute Gasteiger partial charge is 0.396 e. The maximum atomic E-state index is 8.81. The van der Waals surface area contributed by atoms with E-state index in [4.69, 9.17) is 5.11 Å². The standard InChI is InChI=1S/C11H13N3O/c15-9-3-5-10-4-1-2-6-11(10)14-8-7-12-13-14/h1-2,4,6-8,15H,3,5,9H2. The minimum absolute atomic E-state index is 0.214. The van der Waals surface area contributed by atoms with Gasteiger partial charge in [-0.05, 0) is 24.5 Å². The van der Waals surface area contributed by atoms with E-state index in [0.29, 0.717) is 0 Å². The second-order valence-corrected chi connectivity index (χ2v) is 3.30. The molecule has 2 aromatic rings. The van der Waals surface area contributed by atoms with Crippen molar-refractivity contribution in [3.05, 3.63) is 42.2 Å². The normalized spacial score (nSPS) is 10.5. The molecule has 78 valence electrons. The van der Waals surface area contributed by atoms with Gasteiger partial charge in [0.2, 0.25) is 0 Å². The molecule has 0 aliphatic heterocycles. The number of hydrogen-bond acceptors (Lipinski definition) is 3. The zero-order chi connectivity index (χ0) is 10.5. The predicted molar refractivity (Wildman–Crippen MR) is 56.8 cm³/mol. The third kappa shape index (κ3) is 2.22. The maximum Gasteiger partial charge on any atom is 0.0697 e. The van der Waals surface area contributed by atoms with Gasteiger partial charge in [-0.3, -0.25) is 0 Å². The molecule has 0 amide bonds. The highest BCUT2D eigenvalue weighted by Crippen LogP contribution is 2.14. The van der Waals surface area contributed by atoms with Crippen LogP contribution in [0.5, 0.6) is 0 Å². The van der Waals surface area contributed by atoms with Gasteiger partial charge >= 0.3 is 0 Å². The Labute approximate surface area is 88.2 Å². The molecule has 15 heavy (non-hydrogen) atoms. The summed E-state index contributed by atoms with van der Waals surface area (Å²) in [7, 11) is 0. The van der Waals surface area contributed by atoms with E-state index < -0.39 is 0 Å². The van der Waals surface area contributed by atoms with Crippen molar-refractivity contribution in [1.82, 2.24) is 15.0 Å². The van der Waals surface area contributed by atoms with E-state index in [1.165, 1.54) is 5.56 Å². The zero-order valence-corrected chi connectivity index (χ0v) is 8.37. The van der Waals surface area contributed by atoms with Crippen LogP contribution in [0.15, 0.2) is 36.7 Å². The number of benzene rings is 1. The van der Waals surface area contributed by atoms with E-state index in [1.54, 1.807) is 10.9 Å². The molecule has 4 heteroatoms. The molecule has 0 aliphatic carbocycles.